The standard InChI is InChI=1S/C20H18FN3O2/c1-13-22-19(26-23-13)14-6-8-15(9-7-14)20(25)24(17-10-11-17)12-16-4-2-3-5-18(16)21/h2-9,17H,10-12H2,1H3. The number of aryl methyl sites for hydroxylation is 1. The summed E-state index contributed by atoms with van der Waals surface area (Å²) < 4.78 is 19.1. The van der Waals surface area contributed by atoms with Crippen LogP contribution in [0.2, 0.25) is 0 Å². The molecule has 1 fully saturated rings. The summed E-state index contributed by atoms with van der Waals surface area (Å²) in [5, 5.41) is 3.77. The zero-order chi connectivity index (χ0) is 18.1. The monoisotopic (exact) mass is 351 g/mol. The Morgan fingerprint density at radius 1 is 1.19 bits per heavy atom. The smallest absolute Gasteiger partial charge is 0.257 e. The molecule has 1 aliphatic rings. The van der Waals surface area contributed by atoms with Crippen LogP contribution in [-0.2, 0) is 6.54 Å². The lowest BCUT2D eigenvalue weighted by Gasteiger charge is -2.23. The number of halogens is 1. The van der Waals surface area contributed by atoms with Crippen LogP contribution in [0.25, 0.3) is 11.5 Å². The number of amides is 1. The number of hydrogen-bond acceptors (Lipinski definition) is 4. The van der Waals surface area contributed by atoms with Gasteiger partial charge in [0, 0.05) is 29.3 Å². The lowest BCUT2D eigenvalue weighted by atomic mass is 10.1. The van der Waals surface area contributed by atoms with E-state index in [1.54, 1.807) is 54.3 Å². The highest BCUT2D eigenvalue weighted by Crippen LogP contribution is 2.30. The third-order valence-corrected chi connectivity index (χ3v) is 4.45. The van der Waals surface area contributed by atoms with Crippen molar-refractivity contribution in [3.05, 3.63) is 71.3 Å². The van der Waals surface area contributed by atoms with Crippen molar-refractivity contribution < 1.29 is 13.7 Å². The molecule has 0 spiro atoms. The molecule has 1 aromatic heterocycles. The van der Waals surface area contributed by atoms with E-state index < -0.39 is 0 Å². The third kappa shape index (κ3) is 3.35. The lowest BCUT2D eigenvalue weighted by Crippen LogP contribution is -2.32. The van der Waals surface area contributed by atoms with Gasteiger partial charge in [-0.2, -0.15) is 4.98 Å². The number of benzene rings is 2. The summed E-state index contributed by atoms with van der Waals surface area (Å²) in [5.41, 5.74) is 1.85. The van der Waals surface area contributed by atoms with Crippen molar-refractivity contribution in [1.82, 2.24) is 15.0 Å². The van der Waals surface area contributed by atoms with Crippen LogP contribution in [0, 0.1) is 12.7 Å². The normalized spacial score (nSPS) is 13.6. The minimum Gasteiger partial charge on any atom is -0.334 e. The number of nitrogens with zero attached hydrogens (tertiary/aromatic N) is 3. The predicted molar refractivity (Wildman–Crippen MR) is 93.8 cm³/mol. The van der Waals surface area contributed by atoms with Crippen molar-refractivity contribution in [2.75, 3.05) is 0 Å². The molecule has 2 aromatic carbocycles. The van der Waals surface area contributed by atoms with E-state index in [2.05, 4.69) is 10.1 Å². The van der Waals surface area contributed by atoms with E-state index in [1.807, 2.05) is 0 Å². The van der Waals surface area contributed by atoms with Gasteiger partial charge in [0.15, 0.2) is 5.82 Å². The van der Waals surface area contributed by atoms with Gasteiger partial charge in [0.2, 0.25) is 0 Å². The Labute approximate surface area is 150 Å². The van der Waals surface area contributed by atoms with E-state index in [1.165, 1.54) is 6.07 Å². The van der Waals surface area contributed by atoms with Crippen LogP contribution in [0.15, 0.2) is 53.1 Å². The summed E-state index contributed by atoms with van der Waals surface area (Å²) in [5.74, 6) is 0.605. The van der Waals surface area contributed by atoms with E-state index in [-0.39, 0.29) is 24.3 Å². The van der Waals surface area contributed by atoms with Gasteiger partial charge in [0.25, 0.3) is 11.8 Å². The zero-order valence-corrected chi connectivity index (χ0v) is 14.4. The van der Waals surface area contributed by atoms with Crippen LogP contribution < -0.4 is 0 Å². The van der Waals surface area contributed by atoms with E-state index in [9.17, 15) is 9.18 Å². The molecule has 0 bridgehead atoms. The Morgan fingerprint density at radius 2 is 1.92 bits per heavy atom. The highest BCUT2D eigenvalue weighted by Gasteiger charge is 2.33. The summed E-state index contributed by atoms with van der Waals surface area (Å²) in [7, 11) is 0. The molecule has 26 heavy (non-hydrogen) atoms. The summed E-state index contributed by atoms with van der Waals surface area (Å²) in [6, 6.07) is 13.8. The minimum absolute atomic E-state index is 0.0935. The van der Waals surface area contributed by atoms with Gasteiger partial charge in [-0.3, -0.25) is 4.79 Å². The van der Waals surface area contributed by atoms with Crippen molar-refractivity contribution in [3.8, 4) is 11.5 Å². The summed E-state index contributed by atoms with van der Waals surface area (Å²) in [4.78, 5) is 18.9. The summed E-state index contributed by atoms with van der Waals surface area (Å²) >= 11 is 0. The maximum atomic E-state index is 14.0. The molecule has 0 radical (unpaired) electrons. The molecule has 6 heteroatoms. The molecule has 0 aliphatic heterocycles. The molecule has 0 saturated heterocycles. The second-order valence-electron chi connectivity index (χ2n) is 6.48. The minimum atomic E-state index is -0.284. The van der Waals surface area contributed by atoms with Gasteiger partial charge in [-0.25, -0.2) is 4.39 Å². The van der Waals surface area contributed by atoms with Crippen LogP contribution in [0.1, 0.15) is 34.6 Å². The Hall–Kier alpha value is -3.02. The van der Waals surface area contributed by atoms with Crippen molar-refractivity contribution in [3.63, 3.8) is 0 Å². The maximum Gasteiger partial charge on any atom is 0.257 e. The molecule has 1 heterocycles. The Balaban J connectivity index is 1.55. The Morgan fingerprint density at radius 3 is 2.54 bits per heavy atom. The topological polar surface area (TPSA) is 59.2 Å². The first-order chi connectivity index (χ1) is 12.6. The molecule has 1 saturated carbocycles. The lowest BCUT2D eigenvalue weighted by molar-refractivity contribution is 0.0728. The van der Waals surface area contributed by atoms with Gasteiger partial charge in [0.05, 0.1) is 0 Å². The van der Waals surface area contributed by atoms with Crippen LogP contribution in [0.5, 0.6) is 0 Å². The summed E-state index contributed by atoms with van der Waals surface area (Å²) in [6.07, 6.45) is 1.92. The van der Waals surface area contributed by atoms with E-state index >= 15 is 0 Å². The Bertz CT molecular complexity index is 932. The molecule has 0 atom stereocenters. The molecular formula is C20H18FN3O2. The first-order valence-electron chi connectivity index (χ1n) is 8.57. The predicted octanol–water partition coefficient (Wildman–Crippen LogP) is 3.99. The van der Waals surface area contributed by atoms with Gasteiger partial charge in [-0.15, -0.1) is 0 Å². The van der Waals surface area contributed by atoms with Crippen LogP contribution in [0.3, 0.4) is 0 Å². The highest BCUT2D eigenvalue weighted by molar-refractivity contribution is 5.95. The Kier molecular flexibility index (Phi) is 4.24. The van der Waals surface area contributed by atoms with Crippen molar-refractivity contribution in [1.29, 1.82) is 0 Å². The first kappa shape index (κ1) is 16.4. The number of carbonyl (C=O) groups excluding carboxylic acids is 1. The molecule has 0 unspecified atom stereocenters. The molecular weight excluding hydrogens is 333 g/mol. The third-order valence-electron chi connectivity index (χ3n) is 4.45. The van der Waals surface area contributed by atoms with Crippen molar-refractivity contribution >= 4 is 5.91 Å². The fourth-order valence-electron chi connectivity index (χ4n) is 2.90. The fourth-order valence-corrected chi connectivity index (χ4v) is 2.90. The van der Waals surface area contributed by atoms with Gasteiger partial charge in [0.1, 0.15) is 5.82 Å². The van der Waals surface area contributed by atoms with Crippen LogP contribution in [0.4, 0.5) is 4.39 Å². The largest absolute Gasteiger partial charge is 0.334 e. The molecule has 3 aromatic rings. The molecule has 1 aliphatic carbocycles. The van der Waals surface area contributed by atoms with Crippen LogP contribution >= 0.6 is 0 Å². The van der Waals surface area contributed by atoms with E-state index in [0.29, 0.717) is 22.8 Å². The van der Waals surface area contributed by atoms with E-state index in [0.717, 1.165) is 18.4 Å². The zero-order valence-electron chi connectivity index (χ0n) is 14.4. The SMILES string of the molecule is Cc1noc(-c2ccc(C(=O)N(Cc3ccccc3F)C3CC3)cc2)n1. The second-order valence-corrected chi connectivity index (χ2v) is 6.48. The first-order valence-corrected chi connectivity index (χ1v) is 8.57. The summed E-state index contributed by atoms with van der Waals surface area (Å²) in [6.45, 7) is 2.03. The molecule has 0 N–H and O–H groups in total. The average molecular weight is 351 g/mol. The van der Waals surface area contributed by atoms with Crippen molar-refractivity contribution in [2.24, 2.45) is 0 Å². The van der Waals surface area contributed by atoms with Crippen molar-refractivity contribution in [2.45, 2.75) is 32.4 Å². The molecule has 4 rings (SSSR count). The molecule has 132 valence electrons. The maximum absolute atomic E-state index is 14.0. The van der Waals surface area contributed by atoms with Gasteiger partial charge in [-0.1, -0.05) is 23.4 Å². The van der Waals surface area contributed by atoms with Crippen LogP contribution in [-0.4, -0.2) is 27.0 Å². The molecule has 5 nitrogen and oxygen atoms in total. The average Bonchev–Trinajstić information content (AvgIpc) is 3.41. The van der Waals surface area contributed by atoms with Gasteiger partial charge in [-0.05, 0) is 50.1 Å². The number of aromatic nitrogens is 2. The molecule has 1 amide bonds. The van der Waals surface area contributed by atoms with Gasteiger partial charge >= 0.3 is 0 Å². The number of carbonyl (C=O) groups is 1. The van der Waals surface area contributed by atoms with Gasteiger partial charge < -0.3 is 9.42 Å². The quantitative estimate of drug-likeness (QED) is 0.697. The number of hydrogen-bond donors (Lipinski definition) is 0. The number of rotatable bonds is 5. The second kappa shape index (κ2) is 6.71. The van der Waals surface area contributed by atoms with E-state index in [4.69, 9.17) is 4.52 Å². The fraction of sp³-hybridized carbons (Fsp3) is 0.250. The highest BCUT2D eigenvalue weighted by atomic mass is 19.1.